The highest BCUT2D eigenvalue weighted by molar-refractivity contribution is 9.10. The van der Waals surface area contributed by atoms with E-state index in [1.807, 2.05) is 6.07 Å². The van der Waals surface area contributed by atoms with Gasteiger partial charge in [-0.15, -0.1) is 0 Å². The zero-order valence-corrected chi connectivity index (χ0v) is 13.6. The maximum Gasteiger partial charge on any atom is 0.139 e. The van der Waals surface area contributed by atoms with Gasteiger partial charge < -0.3 is 14.8 Å². The van der Waals surface area contributed by atoms with Gasteiger partial charge in [0.25, 0.3) is 0 Å². The van der Waals surface area contributed by atoms with Crippen LogP contribution in [0.4, 0.5) is 0 Å². The van der Waals surface area contributed by atoms with E-state index >= 15 is 0 Å². The Hall–Kier alpha value is -1.00. The number of nitrogens with two attached hydrogens (primary N) is 1. The van der Waals surface area contributed by atoms with Crippen LogP contribution < -0.4 is 5.32 Å². The Bertz CT molecular complexity index is 646. The Morgan fingerprint density at radius 1 is 1.35 bits per heavy atom. The number of phenolic OH excluding ortho intramolecular Hbond substituents is 1. The van der Waals surface area contributed by atoms with E-state index in [0.717, 1.165) is 46.2 Å². The average molecular weight is 339 g/mol. The molecule has 0 fully saturated rings. The zero-order chi connectivity index (χ0) is 14.3. The van der Waals surface area contributed by atoms with Crippen molar-refractivity contribution in [1.29, 1.82) is 0 Å². The summed E-state index contributed by atoms with van der Waals surface area (Å²) >= 11 is 3.44. The molecule has 4 heteroatoms. The third-order valence-corrected chi connectivity index (χ3v) is 4.67. The van der Waals surface area contributed by atoms with Crippen molar-refractivity contribution in [3.05, 3.63) is 27.4 Å². The first-order chi connectivity index (χ1) is 9.58. The predicted molar refractivity (Wildman–Crippen MR) is 83.0 cm³/mol. The van der Waals surface area contributed by atoms with Crippen molar-refractivity contribution in [1.82, 2.24) is 0 Å². The lowest BCUT2D eigenvalue weighted by Gasteiger charge is -2.12. The molecular formula is C16H21BrNO2+. The van der Waals surface area contributed by atoms with Crippen LogP contribution in [-0.2, 0) is 19.4 Å². The Morgan fingerprint density at radius 2 is 2.10 bits per heavy atom. The summed E-state index contributed by atoms with van der Waals surface area (Å²) in [5.74, 6) is 1.48. The smallest absolute Gasteiger partial charge is 0.139 e. The lowest BCUT2D eigenvalue weighted by Crippen LogP contribution is -2.86. The van der Waals surface area contributed by atoms with Crippen LogP contribution in [0.25, 0.3) is 11.0 Å². The highest BCUT2D eigenvalue weighted by atomic mass is 79.9. The number of hydrogen-bond acceptors (Lipinski definition) is 2. The number of hydrogen-bond donors (Lipinski definition) is 2. The minimum Gasteiger partial charge on any atom is -0.506 e. The molecule has 1 aliphatic carbocycles. The minimum absolute atomic E-state index is 0.364. The molecule has 0 bridgehead atoms. The van der Waals surface area contributed by atoms with Crippen LogP contribution in [0.1, 0.15) is 43.6 Å². The van der Waals surface area contributed by atoms with E-state index in [-0.39, 0.29) is 0 Å². The molecule has 3 N–H and O–H groups in total. The van der Waals surface area contributed by atoms with Crippen LogP contribution in [0.15, 0.2) is 15.0 Å². The lowest BCUT2D eigenvalue weighted by atomic mass is 9.93. The molecule has 108 valence electrons. The molecule has 1 aromatic carbocycles. The van der Waals surface area contributed by atoms with Crippen molar-refractivity contribution in [2.45, 2.75) is 52.1 Å². The maximum absolute atomic E-state index is 10.4. The normalized spacial score (nSPS) is 15.0. The number of fused-ring (bicyclic) bond motifs is 3. The monoisotopic (exact) mass is 338 g/mol. The number of rotatable bonds is 3. The molecule has 2 aromatic rings. The Kier molecular flexibility index (Phi) is 3.78. The molecule has 0 amide bonds. The molecule has 1 aromatic heterocycles. The fourth-order valence-electron chi connectivity index (χ4n) is 3.02. The van der Waals surface area contributed by atoms with Gasteiger partial charge in [0.05, 0.1) is 16.1 Å². The molecule has 0 unspecified atom stereocenters. The van der Waals surface area contributed by atoms with Crippen LogP contribution in [0, 0.1) is 0 Å². The van der Waals surface area contributed by atoms with Crippen molar-refractivity contribution in [3.8, 4) is 5.75 Å². The van der Waals surface area contributed by atoms with Gasteiger partial charge in [0, 0.05) is 17.4 Å². The van der Waals surface area contributed by atoms with Crippen molar-refractivity contribution >= 4 is 26.9 Å². The molecule has 0 aliphatic heterocycles. The number of quaternary nitrogens is 1. The summed E-state index contributed by atoms with van der Waals surface area (Å²) < 4.78 is 6.74. The van der Waals surface area contributed by atoms with Gasteiger partial charge in [-0.2, -0.15) is 0 Å². The summed E-state index contributed by atoms with van der Waals surface area (Å²) in [7, 11) is 0. The van der Waals surface area contributed by atoms with Gasteiger partial charge in [0.1, 0.15) is 23.6 Å². The van der Waals surface area contributed by atoms with Gasteiger partial charge in [0.2, 0.25) is 0 Å². The van der Waals surface area contributed by atoms with Crippen molar-refractivity contribution in [2.75, 3.05) is 0 Å². The second-order valence-electron chi connectivity index (χ2n) is 5.95. The average Bonchev–Trinajstić information content (AvgIpc) is 2.77. The SMILES string of the molecule is CC(C)[NH2+]Cc1c(O)c(Br)cc2oc3c(c12)CCCC3. The van der Waals surface area contributed by atoms with E-state index in [9.17, 15) is 5.11 Å². The molecule has 0 atom stereocenters. The van der Waals surface area contributed by atoms with Crippen molar-refractivity contribution in [3.63, 3.8) is 0 Å². The van der Waals surface area contributed by atoms with Gasteiger partial charge in [0.15, 0.2) is 0 Å². The van der Waals surface area contributed by atoms with E-state index in [4.69, 9.17) is 4.42 Å². The zero-order valence-electron chi connectivity index (χ0n) is 12.0. The third kappa shape index (κ3) is 2.35. The molecule has 1 aliphatic rings. The Labute approximate surface area is 127 Å². The topological polar surface area (TPSA) is 50.0 Å². The van der Waals surface area contributed by atoms with Crippen LogP contribution >= 0.6 is 15.9 Å². The van der Waals surface area contributed by atoms with Gasteiger partial charge in [-0.05, 0) is 55.1 Å². The van der Waals surface area contributed by atoms with Gasteiger partial charge in [-0.1, -0.05) is 0 Å². The molecule has 1 heterocycles. The summed E-state index contributed by atoms with van der Waals surface area (Å²) in [5.41, 5.74) is 3.24. The first-order valence-electron chi connectivity index (χ1n) is 7.36. The van der Waals surface area contributed by atoms with E-state index in [0.29, 0.717) is 11.8 Å². The summed E-state index contributed by atoms with van der Waals surface area (Å²) in [6.45, 7) is 5.11. The number of aromatic hydroxyl groups is 1. The summed E-state index contributed by atoms with van der Waals surface area (Å²) in [5, 5.41) is 13.8. The molecule has 0 saturated carbocycles. The highest BCUT2D eigenvalue weighted by Gasteiger charge is 2.24. The van der Waals surface area contributed by atoms with Gasteiger partial charge >= 0.3 is 0 Å². The first-order valence-corrected chi connectivity index (χ1v) is 8.15. The van der Waals surface area contributed by atoms with Crippen LogP contribution in [0.5, 0.6) is 5.75 Å². The fraction of sp³-hybridized carbons (Fsp3) is 0.500. The van der Waals surface area contributed by atoms with E-state index in [1.165, 1.54) is 18.4 Å². The molecule has 3 nitrogen and oxygen atoms in total. The largest absolute Gasteiger partial charge is 0.506 e. The molecule has 0 saturated heterocycles. The molecular weight excluding hydrogens is 318 g/mol. The fourth-order valence-corrected chi connectivity index (χ4v) is 3.47. The second kappa shape index (κ2) is 5.41. The molecule has 20 heavy (non-hydrogen) atoms. The van der Waals surface area contributed by atoms with Crippen LogP contribution in [0.3, 0.4) is 0 Å². The summed E-state index contributed by atoms with van der Waals surface area (Å²) in [6.07, 6.45) is 4.51. The summed E-state index contributed by atoms with van der Waals surface area (Å²) in [4.78, 5) is 0. The van der Waals surface area contributed by atoms with E-state index in [2.05, 4.69) is 35.1 Å². The van der Waals surface area contributed by atoms with Crippen LogP contribution in [-0.4, -0.2) is 11.1 Å². The van der Waals surface area contributed by atoms with Crippen molar-refractivity contribution in [2.24, 2.45) is 0 Å². The molecule has 3 rings (SSSR count). The van der Waals surface area contributed by atoms with Crippen LogP contribution in [0.2, 0.25) is 0 Å². The summed E-state index contributed by atoms with van der Waals surface area (Å²) in [6, 6.07) is 2.41. The number of phenols is 1. The van der Waals surface area contributed by atoms with Crippen molar-refractivity contribution < 1.29 is 14.8 Å². The number of furan rings is 1. The number of halogens is 1. The quantitative estimate of drug-likeness (QED) is 0.902. The number of aryl methyl sites for hydroxylation is 2. The molecule has 0 radical (unpaired) electrons. The minimum atomic E-state index is 0.364. The molecule has 0 spiro atoms. The van der Waals surface area contributed by atoms with E-state index < -0.39 is 0 Å². The maximum atomic E-state index is 10.4. The number of benzene rings is 1. The predicted octanol–water partition coefficient (Wildman–Crippen LogP) is 3.25. The first kappa shape index (κ1) is 14.0. The standard InChI is InChI=1S/C16H20BrNO2/c1-9(2)18-8-11-15-10-5-3-4-6-13(10)20-14(15)7-12(17)16(11)19/h7,9,18-19H,3-6,8H2,1-2H3/p+1. The Morgan fingerprint density at radius 3 is 2.85 bits per heavy atom. The third-order valence-electron chi connectivity index (χ3n) is 4.06. The lowest BCUT2D eigenvalue weighted by molar-refractivity contribution is -0.698. The second-order valence-corrected chi connectivity index (χ2v) is 6.81. The highest BCUT2D eigenvalue weighted by Crippen LogP contribution is 2.40. The Balaban J connectivity index is 2.18. The van der Waals surface area contributed by atoms with Gasteiger partial charge in [-0.25, -0.2) is 0 Å². The van der Waals surface area contributed by atoms with Gasteiger partial charge in [-0.3, -0.25) is 0 Å². The van der Waals surface area contributed by atoms with E-state index in [1.54, 1.807) is 0 Å².